The molecule has 5 heteroatoms. The highest BCUT2D eigenvalue weighted by Gasteiger charge is 2.17. The number of carbonyl (C=O) groups excluding carboxylic acids is 1. The second-order valence-electron chi connectivity index (χ2n) is 4.49. The van der Waals surface area contributed by atoms with Gasteiger partial charge in [0.05, 0.1) is 19.2 Å². The zero-order valence-electron chi connectivity index (χ0n) is 11.9. The third kappa shape index (κ3) is 3.00. The number of halogens is 2. The number of methoxy groups -OCH3 is 2. The molecule has 0 amide bonds. The van der Waals surface area contributed by atoms with E-state index < -0.39 is 5.82 Å². The van der Waals surface area contributed by atoms with Crippen molar-refractivity contribution in [1.29, 1.82) is 0 Å². The van der Waals surface area contributed by atoms with Crippen LogP contribution in [0.1, 0.15) is 21.5 Å². The summed E-state index contributed by atoms with van der Waals surface area (Å²) in [6.45, 7) is 1.64. The number of benzene rings is 2. The van der Waals surface area contributed by atoms with Gasteiger partial charge in [-0.2, -0.15) is 0 Å². The Bertz CT molecular complexity index is 698. The number of aryl methyl sites for hydroxylation is 1. The fraction of sp³-hybridized carbons (Fsp3) is 0.188. The van der Waals surface area contributed by atoms with Crippen LogP contribution in [0.15, 0.2) is 30.3 Å². The number of carbonyl (C=O) groups is 1. The van der Waals surface area contributed by atoms with Gasteiger partial charge in [-0.05, 0) is 30.7 Å². The Kier molecular flexibility index (Phi) is 4.48. The van der Waals surface area contributed by atoms with Gasteiger partial charge in [-0.15, -0.1) is 0 Å². The van der Waals surface area contributed by atoms with E-state index >= 15 is 0 Å². The molecule has 3 nitrogen and oxygen atoms in total. The van der Waals surface area contributed by atoms with E-state index in [2.05, 4.69) is 0 Å². The zero-order chi connectivity index (χ0) is 15.6. The van der Waals surface area contributed by atoms with Gasteiger partial charge in [-0.25, -0.2) is 4.39 Å². The average Bonchev–Trinajstić information content (AvgIpc) is 2.48. The van der Waals surface area contributed by atoms with E-state index in [4.69, 9.17) is 21.1 Å². The summed E-state index contributed by atoms with van der Waals surface area (Å²) in [5.41, 5.74) is 1.04. The molecule has 21 heavy (non-hydrogen) atoms. The molecule has 0 radical (unpaired) electrons. The highest BCUT2D eigenvalue weighted by molar-refractivity contribution is 6.33. The van der Waals surface area contributed by atoms with Crippen molar-refractivity contribution in [2.45, 2.75) is 6.92 Å². The molecular formula is C16H14ClFO3. The minimum Gasteiger partial charge on any atom is -0.493 e. The van der Waals surface area contributed by atoms with Crippen LogP contribution in [-0.2, 0) is 0 Å². The lowest BCUT2D eigenvalue weighted by Crippen LogP contribution is -2.04. The predicted molar refractivity (Wildman–Crippen MR) is 79.1 cm³/mol. The molecule has 0 aromatic heterocycles. The monoisotopic (exact) mass is 308 g/mol. The van der Waals surface area contributed by atoms with Gasteiger partial charge in [0.1, 0.15) is 5.82 Å². The van der Waals surface area contributed by atoms with Crippen LogP contribution in [0.2, 0.25) is 5.02 Å². The molecule has 2 aromatic carbocycles. The molecule has 2 aromatic rings. The molecule has 0 saturated heterocycles. The minimum absolute atomic E-state index is 0.251. The molecule has 0 heterocycles. The van der Waals surface area contributed by atoms with Crippen LogP contribution in [0, 0.1) is 12.7 Å². The number of hydrogen-bond acceptors (Lipinski definition) is 3. The second kappa shape index (κ2) is 6.14. The molecule has 0 bridgehead atoms. The summed E-state index contributed by atoms with van der Waals surface area (Å²) in [6.07, 6.45) is 0. The van der Waals surface area contributed by atoms with E-state index in [1.165, 1.54) is 32.4 Å². The van der Waals surface area contributed by atoms with Gasteiger partial charge < -0.3 is 9.47 Å². The van der Waals surface area contributed by atoms with Crippen LogP contribution in [-0.4, -0.2) is 20.0 Å². The lowest BCUT2D eigenvalue weighted by atomic mass is 10.0. The molecule has 2 rings (SSSR count). The Balaban J connectivity index is 2.48. The summed E-state index contributed by atoms with van der Waals surface area (Å²) >= 11 is 6.07. The lowest BCUT2D eigenvalue weighted by molar-refractivity contribution is 0.103. The maximum absolute atomic E-state index is 13.6. The standard InChI is InChI=1S/C16H14ClFO3/c1-9-4-5-10(7-13(9)18)15(19)11-6-12(17)16(21-3)14(8-11)20-2/h4-8H,1-3H3. The summed E-state index contributed by atoms with van der Waals surface area (Å²) in [5, 5.41) is 0.257. The van der Waals surface area contributed by atoms with Crippen LogP contribution in [0.3, 0.4) is 0 Å². The topological polar surface area (TPSA) is 35.5 Å². The maximum atomic E-state index is 13.6. The van der Waals surface area contributed by atoms with Crippen molar-refractivity contribution in [2.24, 2.45) is 0 Å². The van der Waals surface area contributed by atoms with Crippen LogP contribution in [0.5, 0.6) is 11.5 Å². The van der Waals surface area contributed by atoms with E-state index in [0.717, 1.165) is 0 Å². The first-order valence-corrected chi connectivity index (χ1v) is 6.58. The quantitative estimate of drug-likeness (QED) is 0.800. The molecule has 0 N–H and O–H groups in total. The highest BCUT2D eigenvalue weighted by Crippen LogP contribution is 2.36. The number of hydrogen-bond donors (Lipinski definition) is 0. The van der Waals surface area contributed by atoms with E-state index in [9.17, 15) is 9.18 Å². The van der Waals surface area contributed by atoms with Gasteiger partial charge in [0.25, 0.3) is 0 Å². The summed E-state index contributed by atoms with van der Waals surface area (Å²) < 4.78 is 23.8. The van der Waals surface area contributed by atoms with Crippen LogP contribution in [0.25, 0.3) is 0 Å². The van der Waals surface area contributed by atoms with Crippen molar-refractivity contribution in [3.05, 3.63) is 57.9 Å². The molecule has 0 fully saturated rings. The molecule has 0 aliphatic heterocycles. The van der Waals surface area contributed by atoms with E-state index in [0.29, 0.717) is 22.6 Å². The summed E-state index contributed by atoms with van der Waals surface area (Å²) in [7, 11) is 2.91. The lowest BCUT2D eigenvalue weighted by Gasteiger charge is -2.11. The molecule has 0 unspecified atom stereocenters. The van der Waals surface area contributed by atoms with Gasteiger partial charge >= 0.3 is 0 Å². The summed E-state index contributed by atoms with van der Waals surface area (Å²) in [6, 6.07) is 7.34. The molecule has 0 aliphatic carbocycles. The third-order valence-electron chi connectivity index (χ3n) is 3.13. The molecule has 0 saturated carbocycles. The van der Waals surface area contributed by atoms with E-state index in [-0.39, 0.29) is 16.4 Å². The zero-order valence-corrected chi connectivity index (χ0v) is 12.6. The van der Waals surface area contributed by atoms with Crippen LogP contribution < -0.4 is 9.47 Å². The van der Waals surface area contributed by atoms with Gasteiger partial charge in [-0.3, -0.25) is 4.79 Å². The first kappa shape index (κ1) is 15.3. The Labute approximate surface area is 127 Å². The number of ether oxygens (including phenoxy) is 2. The third-order valence-corrected chi connectivity index (χ3v) is 3.41. The summed E-state index contributed by atoms with van der Waals surface area (Å²) in [4.78, 5) is 12.4. The highest BCUT2D eigenvalue weighted by atomic mass is 35.5. The largest absolute Gasteiger partial charge is 0.493 e. The Morgan fingerprint density at radius 2 is 1.81 bits per heavy atom. The minimum atomic E-state index is -0.424. The number of rotatable bonds is 4. The molecule has 0 atom stereocenters. The maximum Gasteiger partial charge on any atom is 0.193 e. The van der Waals surface area contributed by atoms with E-state index in [1.54, 1.807) is 19.1 Å². The smallest absolute Gasteiger partial charge is 0.193 e. The van der Waals surface area contributed by atoms with Crippen molar-refractivity contribution < 1.29 is 18.7 Å². The first-order valence-electron chi connectivity index (χ1n) is 6.20. The Morgan fingerprint density at radius 1 is 1.10 bits per heavy atom. The molecule has 110 valence electrons. The second-order valence-corrected chi connectivity index (χ2v) is 4.89. The normalized spacial score (nSPS) is 10.3. The van der Waals surface area contributed by atoms with Crippen molar-refractivity contribution in [1.82, 2.24) is 0 Å². The van der Waals surface area contributed by atoms with E-state index in [1.807, 2.05) is 0 Å². The average molecular weight is 309 g/mol. The Hall–Kier alpha value is -2.07. The van der Waals surface area contributed by atoms with Crippen LogP contribution in [0.4, 0.5) is 4.39 Å². The predicted octanol–water partition coefficient (Wildman–Crippen LogP) is 4.04. The first-order chi connectivity index (χ1) is 9.97. The van der Waals surface area contributed by atoms with Crippen molar-refractivity contribution >= 4 is 17.4 Å². The van der Waals surface area contributed by atoms with Crippen LogP contribution >= 0.6 is 11.6 Å². The molecule has 0 spiro atoms. The Morgan fingerprint density at radius 3 is 2.38 bits per heavy atom. The van der Waals surface area contributed by atoms with Gasteiger partial charge in [0.15, 0.2) is 17.3 Å². The van der Waals surface area contributed by atoms with Gasteiger partial charge in [0, 0.05) is 11.1 Å². The van der Waals surface area contributed by atoms with Crippen molar-refractivity contribution in [2.75, 3.05) is 14.2 Å². The summed E-state index contributed by atoms with van der Waals surface area (Å²) in [5.74, 6) is -0.0593. The van der Waals surface area contributed by atoms with Gasteiger partial charge in [-0.1, -0.05) is 23.7 Å². The van der Waals surface area contributed by atoms with Gasteiger partial charge in [0.2, 0.25) is 0 Å². The fourth-order valence-electron chi connectivity index (χ4n) is 1.95. The fourth-order valence-corrected chi connectivity index (χ4v) is 2.24. The molecule has 0 aliphatic rings. The number of ketones is 1. The van der Waals surface area contributed by atoms with Crippen molar-refractivity contribution in [3.8, 4) is 11.5 Å². The SMILES string of the molecule is COc1cc(C(=O)c2ccc(C)c(F)c2)cc(Cl)c1OC. The molecular weight excluding hydrogens is 295 g/mol. The van der Waals surface area contributed by atoms with Crippen molar-refractivity contribution in [3.63, 3.8) is 0 Å².